The number of carbonyl (C=O) groups excluding carboxylic acids is 1. The molecular formula is C20H16F3N3O3. The Hall–Kier alpha value is -3.36. The van der Waals surface area contributed by atoms with Gasteiger partial charge in [-0.25, -0.2) is 0 Å². The van der Waals surface area contributed by atoms with Gasteiger partial charge in [-0.05, 0) is 43.2 Å². The maximum absolute atomic E-state index is 12.9. The number of furan rings is 1. The fourth-order valence-corrected chi connectivity index (χ4v) is 3.24. The van der Waals surface area contributed by atoms with Crippen LogP contribution < -0.4 is 0 Å². The first-order valence-corrected chi connectivity index (χ1v) is 8.95. The third-order valence-corrected chi connectivity index (χ3v) is 4.64. The molecule has 150 valence electrons. The van der Waals surface area contributed by atoms with E-state index in [1.165, 1.54) is 24.5 Å². The molecule has 29 heavy (non-hydrogen) atoms. The SMILES string of the molecule is O=C(/C=C/c1ccco1)N1CCC[C@H]1c1nc(-c2cccc(C(F)(F)F)c2)no1. The second-order valence-corrected chi connectivity index (χ2v) is 6.57. The lowest BCUT2D eigenvalue weighted by molar-refractivity contribution is -0.137. The molecule has 0 spiro atoms. The van der Waals surface area contributed by atoms with Crippen molar-refractivity contribution in [1.82, 2.24) is 15.0 Å². The van der Waals surface area contributed by atoms with Gasteiger partial charge in [0.15, 0.2) is 0 Å². The molecule has 0 saturated carbocycles. The molecule has 1 amide bonds. The van der Waals surface area contributed by atoms with Crippen molar-refractivity contribution in [2.45, 2.75) is 25.1 Å². The highest BCUT2D eigenvalue weighted by Gasteiger charge is 2.34. The van der Waals surface area contributed by atoms with E-state index < -0.39 is 17.8 Å². The molecular weight excluding hydrogens is 387 g/mol. The van der Waals surface area contributed by atoms with Crippen molar-refractivity contribution in [1.29, 1.82) is 0 Å². The second kappa shape index (κ2) is 7.57. The summed E-state index contributed by atoms with van der Waals surface area (Å²) in [6, 6.07) is 7.75. The topological polar surface area (TPSA) is 72.4 Å². The van der Waals surface area contributed by atoms with Crippen LogP contribution in [0.25, 0.3) is 17.5 Å². The molecule has 1 fully saturated rings. The van der Waals surface area contributed by atoms with Crippen LogP contribution in [0.4, 0.5) is 13.2 Å². The van der Waals surface area contributed by atoms with Crippen LogP contribution >= 0.6 is 0 Å². The van der Waals surface area contributed by atoms with Gasteiger partial charge < -0.3 is 13.8 Å². The van der Waals surface area contributed by atoms with Gasteiger partial charge in [0.25, 0.3) is 0 Å². The summed E-state index contributed by atoms with van der Waals surface area (Å²) in [6.45, 7) is 0.521. The lowest BCUT2D eigenvalue weighted by Gasteiger charge is -2.19. The third kappa shape index (κ3) is 4.08. The van der Waals surface area contributed by atoms with Crippen LogP contribution in [-0.4, -0.2) is 27.5 Å². The van der Waals surface area contributed by atoms with Crippen molar-refractivity contribution in [3.8, 4) is 11.4 Å². The summed E-state index contributed by atoms with van der Waals surface area (Å²) in [6.07, 6.45) is 1.41. The smallest absolute Gasteiger partial charge is 0.416 e. The van der Waals surface area contributed by atoms with Gasteiger partial charge in [0.1, 0.15) is 11.8 Å². The number of nitrogens with zero attached hydrogens (tertiary/aromatic N) is 3. The molecule has 9 heteroatoms. The summed E-state index contributed by atoms with van der Waals surface area (Å²) in [5, 5.41) is 3.81. The summed E-state index contributed by atoms with van der Waals surface area (Å²) in [5.74, 6) is 0.577. The van der Waals surface area contributed by atoms with Gasteiger partial charge in [-0.2, -0.15) is 18.2 Å². The maximum Gasteiger partial charge on any atom is 0.416 e. The van der Waals surface area contributed by atoms with Gasteiger partial charge in [-0.15, -0.1) is 0 Å². The van der Waals surface area contributed by atoms with Gasteiger partial charge in [0.05, 0.1) is 11.8 Å². The molecule has 6 nitrogen and oxygen atoms in total. The second-order valence-electron chi connectivity index (χ2n) is 6.57. The Labute approximate surface area is 163 Å². The molecule has 0 unspecified atom stereocenters. The Morgan fingerprint density at radius 3 is 2.86 bits per heavy atom. The fourth-order valence-electron chi connectivity index (χ4n) is 3.24. The standard InChI is InChI=1S/C20H16F3N3O3/c21-20(22,23)14-5-1-4-13(12-14)18-24-19(29-25-18)16-7-2-10-26(16)17(27)9-8-15-6-3-11-28-15/h1,3-6,8-9,11-12,16H,2,7,10H2/b9-8+/t16-/m0/s1. The van der Waals surface area contributed by atoms with Crippen molar-refractivity contribution in [2.75, 3.05) is 6.54 Å². The summed E-state index contributed by atoms with van der Waals surface area (Å²) < 4.78 is 49.2. The van der Waals surface area contributed by atoms with E-state index >= 15 is 0 Å². The van der Waals surface area contributed by atoms with Crippen LogP contribution in [-0.2, 0) is 11.0 Å². The van der Waals surface area contributed by atoms with E-state index in [0.717, 1.165) is 18.6 Å². The lowest BCUT2D eigenvalue weighted by Crippen LogP contribution is -2.29. The maximum atomic E-state index is 12.9. The molecule has 1 aliphatic rings. The number of alkyl halides is 3. The quantitative estimate of drug-likeness (QED) is 0.589. The third-order valence-electron chi connectivity index (χ3n) is 4.64. The zero-order valence-electron chi connectivity index (χ0n) is 15.1. The average Bonchev–Trinajstić information content (AvgIpc) is 3.46. The fraction of sp³-hybridized carbons (Fsp3) is 0.250. The van der Waals surface area contributed by atoms with E-state index in [1.807, 2.05) is 0 Å². The van der Waals surface area contributed by atoms with Gasteiger partial charge in [-0.3, -0.25) is 4.79 Å². The predicted octanol–water partition coefficient (Wildman–Crippen LogP) is 4.73. The lowest BCUT2D eigenvalue weighted by atomic mass is 10.1. The molecule has 1 aliphatic heterocycles. The van der Waals surface area contributed by atoms with Gasteiger partial charge in [0.2, 0.25) is 17.6 Å². The number of hydrogen-bond donors (Lipinski definition) is 0. The van der Waals surface area contributed by atoms with E-state index in [1.54, 1.807) is 23.1 Å². The zero-order chi connectivity index (χ0) is 20.4. The molecule has 0 N–H and O–H groups in total. The highest BCUT2D eigenvalue weighted by atomic mass is 19.4. The number of aromatic nitrogens is 2. The first-order valence-electron chi connectivity index (χ1n) is 8.95. The molecule has 0 bridgehead atoms. The monoisotopic (exact) mass is 403 g/mol. The zero-order valence-corrected chi connectivity index (χ0v) is 15.1. The molecule has 3 heterocycles. The number of halogens is 3. The normalized spacial score (nSPS) is 17.3. The van der Waals surface area contributed by atoms with Crippen LogP contribution in [0.5, 0.6) is 0 Å². The molecule has 3 aromatic rings. The Morgan fingerprint density at radius 2 is 2.10 bits per heavy atom. The molecule has 1 atom stereocenters. The van der Waals surface area contributed by atoms with Crippen LogP contribution in [0, 0.1) is 0 Å². The minimum absolute atomic E-state index is 0.0523. The summed E-state index contributed by atoms with van der Waals surface area (Å²) in [4.78, 5) is 18.4. The van der Waals surface area contributed by atoms with E-state index in [9.17, 15) is 18.0 Å². The molecule has 1 saturated heterocycles. The van der Waals surface area contributed by atoms with E-state index in [0.29, 0.717) is 18.7 Å². The van der Waals surface area contributed by atoms with Crippen LogP contribution in [0.15, 0.2) is 57.7 Å². The van der Waals surface area contributed by atoms with E-state index in [-0.39, 0.29) is 23.2 Å². The number of likely N-dealkylation sites (tertiary alicyclic amines) is 1. The number of amides is 1. The first-order chi connectivity index (χ1) is 13.9. The Kier molecular flexibility index (Phi) is 4.96. The first kappa shape index (κ1) is 19.0. The highest BCUT2D eigenvalue weighted by Crippen LogP contribution is 2.34. The summed E-state index contributed by atoms with van der Waals surface area (Å²) in [5.41, 5.74) is -0.592. The Morgan fingerprint density at radius 1 is 1.24 bits per heavy atom. The molecule has 2 aromatic heterocycles. The van der Waals surface area contributed by atoms with Crippen molar-refractivity contribution in [3.05, 3.63) is 66.0 Å². The van der Waals surface area contributed by atoms with E-state index in [2.05, 4.69) is 10.1 Å². The average molecular weight is 403 g/mol. The van der Waals surface area contributed by atoms with Gasteiger partial charge in [0, 0.05) is 18.2 Å². The summed E-state index contributed by atoms with van der Waals surface area (Å²) >= 11 is 0. The Bertz CT molecular complexity index is 1030. The van der Waals surface area contributed by atoms with Crippen molar-refractivity contribution < 1.29 is 26.9 Å². The summed E-state index contributed by atoms with van der Waals surface area (Å²) in [7, 11) is 0. The van der Waals surface area contributed by atoms with Gasteiger partial charge >= 0.3 is 6.18 Å². The number of carbonyl (C=O) groups is 1. The van der Waals surface area contributed by atoms with E-state index in [4.69, 9.17) is 8.94 Å². The van der Waals surface area contributed by atoms with Crippen molar-refractivity contribution in [3.63, 3.8) is 0 Å². The molecule has 0 aliphatic carbocycles. The number of rotatable bonds is 4. The van der Waals surface area contributed by atoms with Crippen LogP contribution in [0.3, 0.4) is 0 Å². The Balaban J connectivity index is 1.53. The van der Waals surface area contributed by atoms with Gasteiger partial charge in [-0.1, -0.05) is 17.3 Å². The molecule has 4 rings (SSSR count). The highest BCUT2D eigenvalue weighted by molar-refractivity contribution is 5.91. The van der Waals surface area contributed by atoms with Crippen molar-refractivity contribution in [2.24, 2.45) is 0 Å². The van der Waals surface area contributed by atoms with Crippen molar-refractivity contribution >= 4 is 12.0 Å². The largest absolute Gasteiger partial charge is 0.465 e. The number of hydrogen-bond acceptors (Lipinski definition) is 5. The molecule has 0 radical (unpaired) electrons. The van der Waals surface area contributed by atoms with Crippen LogP contribution in [0.2, 0.25) is 0 Å². The minimum Gasteiger partial charge on any atom is -0.465 e. The minimum atomic E-state index is -4.46. The molecule has 1 aromatic carbocycles. The predicted molar refractivity (Wildman–Crippen MR) is 96.2 cm³/mol. The number of benzene rings is 1. The van der Waals surface area contributed by atoms with Crippen LogP contribution in [0.1, 0.15) is 36.1 Å².